The first kappa shape index (κ1) is 33.0. The number of carbonyl (C=O) groups is 3. The lowest BCUT2D eigenvalue weighted by Crippen LogP contribution is -2.30. The molecule has 0 fully saturated rings. The third-order valence-electron chi connectivity index (χ3n) is 6.86. The van der Waals surface area contributed by atoms with E-state index in [1.807, 2.05) is 66.9 Å². The molecule has 238 valence electrons. The third-order valence-corrected chi connectivity index (χ3v) is 8.73. The molecule has 0 saturated carbocycles. The molecule has 4 aromatic carbocycles. The Morgan fingerprint density at radius 2 is 1.60 bits per heavy atom. The van der Waals surface area contributed by atoms with Crippen LogP contribution in [-0.2, 0) is 9.59 Å². The molecule has 1 heterocycles. The van der Waals surface area contributed by atoms with Crippen molar-refractivity contribution in [1.82, 2.24) is 10.3 Å². The molecule has 1 aromatic heterocycles. The molecule has 5 rings (SSSR count). The third kappa shape index (κ3) is 8.87. The van der Waals surface area contributed by atoms with Gasteiger partial charge in [0, 0.05) is 32.7 Å². The second-order valence-electron chi connectivity index (χ2n) is 10.1. The number of nitrogens with one attached hydrogen (secondary N) is 3. The second-order valence-corrected chi connectivity index (χ2v) is 12.4. The Morgan fingerprint density at radius 1 is 0.851 bits per heavy atom. The topological polar surface area (TPSA) is 119 Å². The van der Waals surface area contributed by atoms with Crippen LogP contribution in [0.15, 0.2) is 119 Å². The Hall–Kier alpha value is -5.39. The number of hydrogen-bond acceptors (Lipinski definition) is 8. The highest BCUT2D eigenvalue weighted by atomic mass is 32.2. The molecular formula is C36H32N4O5S2. The first-order chi connectivity index (χ1) is 22.8. The minimum atomic E-state index is -0.509. The van der Waals surface area contributed by atoms with E-state index >= 15 is 0 Å². The predicted molar refractivity (Wildman–Crippen MR) is 188 cm³/mol. The van der Waals surface area contributed by atoms with E-state index in [1.54, 1.807) is 61.7 Å². The zero-order chi connectivity index (χ0) is 33.2. The van der Waals surface area contributed by atoms with Crippen molar-refractivity contribution in [2.24, 2.45) is 0 Å². The molecule has 3 N–H and O–H groups in total. The number of thioether (sulfide) groups is 1. The van der Waals surface area contributed by atoms with Gasteiger partial charge in [-0.3, -0.25) is 14.4 Å². The van der Waals surface area contributed by atoms with Crippen LogP contribution in [0.3, 0.4) is 0 Å². The van der Waals surface area contributed by atoms with E-state index in [9.17, 15) is 14.4 Å². The number of carbonyl (C=O) groups excluding carboxylic acids is 3. The van der Waals surface area contributed by atoms with Crippen LogP contribution < -0.4 is 25.4 Å². The Kier molecular flexibility index (Phi) is 11.1. The van der Waals surface area contributed by atoms with Crippen LogP contribution >= 0.6 is 23.1 Å². The van der Waals surface area contributed by atoms with E-state index in [0.29, 0.717) is 27.7 Å². The molecule has 9 nitrogen and oxygen atoms in total. The first-order valence-electron chi connectivity index (χ1n) is 14.5. The highest BCUT2D eigenvalue weighted by Gasteiger charge is 2.18. The summed E-state index contributed by atoms with van der Waals surface area (Å²) in [6.07, 6.45) is 1.57. The lowest BCUT2D eigenvalue weighted by Gasteiger charge is -2.13. The van der Waals surface area contributed by atoms with Crippen LogP contribution in [0, 0.1) is 0 Å². The summed E-state index contributed by atoms with van der Waals surface area (Å²) in [7, 11) is 3.15. The quantitative estimate of drug-likeness (QED) is 0.0943. The fraction of sp³-hybridized carbons (Fsp3) is 0.111. The first-order valence-corrected chi connectivity index (χ1v) is 16.3. The molecule has 11 heteroatoms. The lowest BCUT2D eigenvalue weighted by atomic mass is 10.1. The summed E-state index contributed by atoms with van der Waals surface area (Å²) in [5, 5.41) is 10.5. The normalized spacial score (nSPS) is 11.7. The van der Waals surface area contributed by atoms with Crippen LogP contribution in [0.2, 0.25) is 0 Å². The molecule has 1 unspecified atom stereocenters. The number of rotatable bonds is 12. The smallest absolute Gasteiger partial charge is 0.272 e. The molecule has 0 radical (unpaired) electrons. The van der Waals surface area contributed by atoms with Crippen molar-refractivity contribution in [3.63, 3.8) is 0 Å². The van der Waals surface area contributed by atoms with E-state index in [0.717, 1.165) is 21.9 Å². The van der Waals surface area contributed by atoms with Crippen LogP contribution in [0.5, 0.6) is 11.5 Å². The molecular weight excluding hydrogens is 633 g/mol. The monoisotopic (exact) mass is 664 g/mol. The van der Waals surface area contributed by atoms with Crippen molar-refractivity contribution in [2.75, 3.05) is 24.9 Å². The van der Waals surface area contributed by atoms with Crippen molar-refractivity contribution in [3.8, 4) is 22.8 Å². The molecule has 0 aliphatic carbocycles. The highest BCUT2D eigenvalue weighted by molar-refractivity contribution is 8.00. The molecule has 0 saturated heterocycles. The Labute approximate surface area is 281 Å². The zero-order valence-corrected chi connectivity index (χ0v) is 27.5. The molecule has 0 aliphatic heterocycles. The molecule has 0 aliphatic rings. The van der Waals surface area contributed by atoms with Gasteiger partial charge >= 0.3 is 0 Å². The van der Waals surface area contributed by atoms with Crippen LogP contribution in [0.1, 0.15) is 22.8 Å². The average Bonchev–Trinajstić information content (AvgIpc) is 3.57. The number of methoxy groups -OCH3 is 2. The summed E-state index contributed by atoms with van der Waals surface area (Å²) in [5.74, 6) is 0.175. The van der Waals surface area contributed by atoms with Gasteiger partial charge in [-0.25, -0.2) is 4.98 Å². The van der Waals surface area contributed by atoms with Crippen molar-refractivity contribution >= 4 is 57.7 Å². The zero-order valence-electron chi connectivity index (χ0n) is 25.9. The number of nitrogens with zero attached hydrogens (tertiary/aromatic N) is 1. The van der Waals surface area contributed by atoms with Crippen LogP contribution in [0.4, 0.5) is 10.8 Å². The SMILES string of the molecule is COc1cccc(-c2csc(NC(=O)C(C)Sc3ccc(NC(=O)/C(=C/c4ccccc4OC)NC(=O)c4ccccc4)cc3)n2)c1. The van der Waals surface area contributed by atoms with E-state index < -0.39 is 17.1 Å². The number of para-hydroxylation sites is 1. The predicted octanol–water partition coefficient (Wildman–Crippen LogP) is 7.36. The van der Waals surface area contributed by atoms with Gasteiger partial charge in [0.05, 0.1) is 25.2 Å². The summed E-state index contributed by atoms with van der Waals surface area (Å²) in [5.41, 5.74) is 3.26. The van der Waals surface area contributed by atoms with Crippen molar-refractivity contribution in [1.29, 1.82) is 0 Å². The molecule has 3 amide bonds. The minimum absolute atomic E-state index is 0.0452. The highest BCUT2D eigenvalue weighted by Crippen LogP contribution is 2.30. The number of aromatic nitrogens is 1. The van der Waals surface area contributed by atoms with Gasteiger partial charge in [0.2, 0.25) is 5.91 Å². The molecule has 0 bridgehead atoms. The maximum Gasteiger partial charge on any atom is 0.272 e. The van der Waals surface area contributed by atoms with Crippen LogP contribution in [0.25, 0.3) is 17.3 Å². The van der Waals surface area contributed by atoms with Gasteiger partial charge in [0.1, 0.15) is 17.2 Å². The van der Waals surface area contributed by atoms with Crippen molar-refractivity contribution in [3.05, 3.63) is 125 Å². The fourth-order valence-electron chi connectivity index (χ4n) is 4.41. The molecule has 0 spiro atoms. The molecule has 47 heavy (non-hydrogen) atoms. The summed E-state index contributed by atoms with van der Waals surface area (Å²) >= 11 is 2.73. The number of anilines is 2. The Bertz CT molecular complexity index is 1890. The second kappa shape index (κ2) is 15.7. The Morgan fingerprint density at radius 3 is 2.34 bits per heavy atom. The molecule has 5 aromatic rings. The largest absolute Gasteiger partial charge is 0.497 e. The number of benzene rings is 4. The van der Waals surface area contributed by atoms with Gasteiger partial charge in [0.15, 0.2) is 5.13 Å². The molecule has 1 atom stereocenters. The van der Waals surface area contributed by atoms with Gasteiger partial charge in [0.25, 0.3) is 11.8 Å². The van der Waals surface area contributed by atoms with Gasteiger partial charge in [-0.05, 0) is 67.6 Å². The number of ether oxygens (including phenoxy) is 2. The van der Waals surface area contributed by atoms with Crippen molar-refractivity contribution in [2.45, 2.75) is 17.1 Å². The number of hydrogen-bond donors (Lipinski definition) is 3. The van der Waals surface area contributed by atoms with Gasteiger partial charge in [-0.15, -0.1) is 23.1 Å². The number of thiazole rings is 1. The van der Waals surface area contributed by atoms with Gasteiger partial charge < -0.3 is 25.4 Å². The summed E-state index contributed by atoms with van der Waals surface area (Å²) < 4.78 is 10.7. The summed E-state index contributed by atoms with van der Waals surface area (Å²) in [4.78, 5) is 44.7. The van der Waals surface area contributed by atoms with E-state index in [4.69, 9.17) is 9.47 Å². The average molecular weight is 665 g/mol. The standard InChI is InChI=1S/C36H32N4O5S2/c1-23(33(41)40-36-39-31(22-46-36)25-13-9-14-28(20-25)44-2)47-29-18-16-27(17-19-29)37-35(43)30(21-26-12-7-8-15-32(26)45-3)38-34(42)24-10-5-4-6-11-24/h4-23H,1-3H3,(H,37,43)(H,38,42)(H,39,40,41)/b30-21-. The van der Waals surface area contributed by atoms with E-state index in [2.05, 4.69) is 20.9 Å². The Balaban J connectivity index is 1.22. The minimum Gasteiger partial charge on any atom is -0.497 e. The maximum absolute atomic E-state index is 13.4. The maximum atomic E-state index is 13.4. The van der Waals surface area contributed by atoms with Crippen LogP contribution in [-0.4, -0.2) is 42.2 Å². The summed E-state index contributed by atoms with van der Waals surface area (Å²) in [6.45, 7) is 1.82. The van der Waals surface area contributed by atoms with E-state index in [1.165, 1.54) is 30.2 Å². The fourth-order valence-corrected chi connectivity index (χ4v) is 6.00. The summed E-state index contributed by atoms with van der Waals surface area (Å²) in [6, 6.07) is 30.6. The van der Waals surface area contributed by atoms with Gasteiger partial charge in [-0.2, -0.15) is 0 Å². The lowest BCUT2D eigenvalue weighted by molar-refractivity contribution is -0.115. The van der Waals surface area contributed by atoms with E-state index in [-0.39, 0.29) is 11.6 Å². The number of amides is 3. The van der Waals surface area contributed by atoms with Crippen molar-refractivity contribution < 1.29 is 23.9 Å². The van der Waals surface area contributed by atoms with Gasteiger partial charge in [-0.1, -0.05) is 48.5 Å².